The molecule has 0 amide bonds. The number of pyridine rings is 1. The first kappa shape index (κ1) is 13.5. The highest BCUT2D eigenvalue weighted by molar-refractivity contribution is 5.95. The van der Waals surface area contributed by atoms with E-state index in [1.54, 1.807) is 12.4 Å². The SMILES string of the molecule is CCC(=O)c1ccc(N2CC(Nc3ccncn3)C2)nc1. The third-order valence-corrected chi connectivity index (χ3v) is 3.53. The summed E-state index contributed by atoms with van der Waals surface area (Å²) in [5.41, 5.74) is 0.678. The molecule has 1 aliphatic heterocycles. The van der Waals surface area contributed by atoms with Crippen LogP contribution in [0.2, 0.25) is 0 Å². The minimum absolute atomic E-state index is 0.126. The molecule has 2 aromatic heterocycles. The van der Waals surface area contributed by atoms with Gasteiger partial charge in [-0.05, 0) is 18.2 Å². The summed E-state index contributed by atoms with van der Waals surface area (Å²) < 4.78 is 0. The van der Waals surface area contributed by atoms with E-state index < -0.39 is 0 Å². The number of carbonyl (C=O) groups is 1. The van der Waals surface area contributed by atoms with E-state index in [1.807, 2.05) is 25.1 Å². The third-order valence-electron chi connectivity index (χ3n) is 3.53. The summed E-state index contributed by atoms with van der Waals surface area (Å²) in [4.78, 5) is 26.1. The van der Waals surface area contributed by atoms with Gasteiger partial charge in [-0.1, -0.05) is 6.92 Å². The van der Waals surface area contributed by atoms with Crippen LogP contribution >= 0.6 is 0 Å². The van der Waals surface area contributed by atoms with Crippen molar-refractivity contribution in [3.63, 3.8) is 0 Å². The fourth-order valence-corrected chi connectivity index (χ4v) is 2.28. The molecule has 0 unspecified atom stereocenters. The van der Waals surface area contributed by atoms with E-state index in [2.05, 4.69) is 25.2 Å². The fourth-order valence-electron chi connectivity index (χ4n) is 2.28. The number of Topliss-reactive ketones (excluding diaryl/α,β-unsaturated/α-hetero) is 1. The van der Waals surface area contributed by atoms with Gasteiger partial charge in [-0.15, -0.1) is 0 Å². The van der Waals surface area contributed by atoms with Crippen molar-refractivity contribution in [1.82, 2.24) is 15.0 Å². The van der Waals surface area contributed by atoms with Gasteiger partial charge in [-0.25, -0.2) is 15.0 Å². The van der Waals surface area contributed by atoms with Crippen LogP contribution in [0, 0.1) is 0 Å². The van der Waals surface area contributed by atoms with Crippen LogP contribution in [-0.2, 0) is 0 Å². The van der Waals surface area contributed by atoms with Crippen molar-refractivity contribution in [2.24, 2.45) is 0 Å². The molecule has 0 aliphatic carbocycles. The molecular formula is C15H17N5O. The first-order valence-corrected chi connectivity index (χ1v) is 7.03. The molecule has 3 rings (SSSR count). The van der Waals surface area contributed by atoms with Gasteiger partial charge < -0.3 is 10.2 Å². The van der Waals surface area contributed by atoms with E-state index in [1.165, 1.54) is 6.33 Å². The highest BCUT2D eigenvalue weighted by atomic mass is 16.1. The molecule has 0 bridgehead atoms. The molecular weight excluding hydrogens is 266 g/mol. The first-order chi connectivity index (χ1) is 10.3. The second kappa shape index (κ2) is 5.87. The number of hydrogen-bond acceptors (Lipinski definition) is 6. The predicted octanol–water partition coefficient (Wildman–Crippen LogP) is 1.77. The molecule has 1 aliphatic rings. The average molecular weight is 283 g/mol. The van der Waals surface area contributed by atoms with Gasteiger partial charge in [-0.2, -0.15) is 0 Å². The predicted molar refractivity (Wildman–Crippen MR) is 80.5 cm³/mol. The van der Waals surface area contributed by atoms with Crippen molar-refractivity contribution in [3.05, 3.63) is 42.5 Å². The summed E-state index contributed by atoms with van der Waals surface area (Å²) in [6.07, 6.45) is 5.42. The first-order valence-electron chi connectivity index (χ1n) is 7.03. The molecule has 2 aromatic rings. The van der Waals surface area contributed by atoms with Gasteiger partial charge in [0.1, 0.15) is 18.0 Å². The molecule has 21 heavy (non-hydrogen) atoms. The van der Waals surface area contributed by atoms with Crippen molar-refractivity contribution in [3.8, 4) is 0 Å². The number of nitrogens with zero attached hydrogens (tertiary/aromatic N) is 4. The second-order valence-corrected chi connectivity index (χ2v) is 5.02. The van der Waals surface area contributed by atoms with Crippen LogP contribution in [-0.4, -0.2) is 39.9 Å². The normalized spacial score (nSPS) is 14.6. The zero-order valence-electron chi connectivity index (χ0n) is 11.9. The van der Waals surface area contributed by atoms with E-state index in [4.69, 9.17) is 0 Å². The van der Waals surface area contributed by atoms with E-state index in [0.717, 1.165) is 24.7 Å². The van der Waals surface area contributed by atoms with Gasteiger partial charge >= 0.3 is 0 Å². The third kappa shape index (κ3) is 2.99. The summed E-state index contributed by atoms with van der Waals surface area (Å²) in [6.45, 7) is 3.60. The number of nitrogens with one attached hydrogen (secondary N) is 1. The molecule has 0 spiro atoms. The van der Waals surface area contributed by atoms with Gasteiger partial charge in [0, 0.05) is 37.5 Å². The number of ketones is 1. The van der Waals surface area contributed by atoms with Crippen LogP contribution in [0.1, 0.15) is 23.7 Å². The van der Waals surface area contributed by atoms with Crippen molar-refractivity contribution in [2.45, 2.75) is 19.4 Å². The summed E-state index contributed by atoms with van der Waals surface area (Å²) in [5, 5.41) is 3.34. The second-order valence-electron chi connectivity index (χ2n) is 5.02. The lowest BCUT2D eigenvalue weighted by molar-refractivity contribution is 0.0988. The highest BCUT2D eigenvalue weighted by Crippen LogP contribution is 2.20. The Kier molecular flexibility index (Phi) is 3.77. The van der Waals surface area contributed by atoms with E-state index >= 15 is 0 Å². The number of anilines is 2. The quantitative estimate of drug-likeness (QED) is 0.843. The van der Waals surface area contributed by atoms with Crippen molar-refractivity contribution in [2.75, 3.05) is 23.3 Å². The Bertz CT molecular complexity index is 608. The lowest BCUT2D eigenvalue weighted by Crippen LogP contribution is -2.55. The van der Waals surface area contributed by atoms with Gasteiger partial charge in [0.2, 0.25) is 0 Å². The molecule has 1 N–H and O–H groups in total. The fraction of sp³-hybridized carbons (Fsp3) is 0.333. The number of hydrogen-bond donors (Lipinski definition) is 1. The number of rotatable bonds is 5. The number of aromatic nitrogens is 3. The smallest absolute Gasteiger partial charge is 0.164 e. The van der Waals surface area contributed by atoms with E-state index in [-0.39, 0.29) is 5.78 Å². The van der Waals surface area contributed by atoms with Crippen molar-refractivity contribution >= 4 is 17.4 Å². The van der Waals surface area contributed by atoms with Gasteiger partial charge in [0.15, 0.2) is 5.78 Å². The Hall–Kier alpha value is -2.50. The van der Waals surface area contributed by atoms with Crippen molar-refractivity contribution < 1.29 is 4.79 Å². The van der Waals surface area contributed by atoms with E-state index in [9.17, 15) is 4.79 Å². The molecule has 0 atom stereocenters. The van der Waals surface area contributed by atoms with Crippen LogP contribution in [0.4, 0.5) is 11.6 Å². The zero-order valence-corrected chi connectivity index (χ0v) is 11.9. The van der Waals surface area contributed by atoms with Crippen LogP contribution in [0.3, 0.4) is 0 Å². The monoisotopic (exact) mass is 283 g/mol. The minimum atomic E-state index is 0.126. The van der Waals surface area contributed by atoms with Gasteiger partial charge in [0.25, 0.3) is 0 Å². The van der Waals surface area contributed by atoms with Crippen molar-refractivity contribution in [1.29, 1.82) is 0 Å². The summed E-state index contributed by atoms with van der Waals surface area (Å²) >= 11 is 0. The standard InChI is InChI=1S/C15H17N5O/c1-2-13(21)11-3-4-15(17-7-11)20-8-12(9-20)19-14-5-6-16-10-18-14/h3-7,10,12H,2,8-9H2,1H3,(H,16,18,19). The number of carbonyl (C=O) groups excluding carboxylic acids is 1. The maximum atomic E-state index is 11.6. The Labute approximate surface area is 123 Å². The van der Waals surface area contributed by atoms with Crippen LogP contribution in [0.15, 0.2) is 36.9 Å². The largest absolute Gasteiger partial charge is 0.364 e. The zero-order chi connectivity index (χ0) is 14.7. The summed E-state index contributed by atoms with van der Waals surface area (Å²) in [6, 6.07) is 5.97. The Balaban J connectivity index is 1.55. The lowest BCUT2D eigenvalue weighted by Gasteiger charge is -2.40. The Morgan fingerprint density at radius 1 is 1.33 bits per heavy atom. The molecule has 0 saturated carbocycles. The van der Waals surface area contributed by atoms with Gasteiger partial charge in [0.05, 0.1) is 6.04 Å². The summed E-state index contributed by atoms with van der Waals surface area (Å²) in [5.74, 6) is 1.87. The maximum absolute atomic E-state index is 11.6. The molecule has 1 saturated heterocycles. The molecule has 0 aromatic carbocycles. The molecule has 6 heteroatoms. The summed E-state index contributed by atoms with van der Waals surface area (Å²) in [7, 11) is 0. The average Bonchev–Trinajstić information content (AvgIpc) is 2.51. The van der Waals surface area contributed by atoms with E-state index in [0.29, 0.717) is 18.0 Å². The highest BCUT2D eigenvalue weighted by Gasteiger charge is 2.27. The minimum Gasteiger partial charge on any atom is -0.364 e. The van der Waals surface area contributed by atoms with Crippen LogP contribution in [0.5, 0.6) is 0 Å². The van der Waals surface area contributed by atoms with Crippen LogP contribution < -0.4 is 10.2 Å². The maximum Gasteiger partial charge on any atom is 0.164 e. The molecule has 0 radical (unpaired) electrons. The molecule has 1 fully saturated rings. The Morgan fingerprint density at radius 2 is 2.19 bits per heavy atom. The molecule has 6 nitrogen and oxygen atoms in total. The molecule has 108 valence electrons. The topological polar surface area (TPSA) is 71.0 Å². The van der Waals surface area contributed by atoms with Gasteiger partial charge in [-0.3, -0.25) is 4.79 Å². The lowest BCUT2D eigenvalue weighted by atomic mass is 10.1. The Morgan fingerprint density at radius 3 is 2.81 bits per heavy atom. The van der Waals surface area contributed by atoms with Crippen LogP contribution in [0.25, 0.3) is 0 Å². The molecule has 3 heterocycles.